The number of anilines is 2. The topological polar surface area (TPSA) is 124 Å². The van der Waals surface area contributed by atoms with Crippen LogP contribution in [-0.4, -0.2) is 76.7 Å². The van der Waals surface area contributed by atoms with Gasteiger partial charge in [0, 0.05) is 13.1 Å². The van der Waals surface area contributed by atoms with Crippen molar-refractivity contribution < 1.29 is 28.5 Å². The average molecular weight is 556 g/mol. The minimum Gasteiger partial charge on any atom is -0.479 e. The third-order valence-corrected chi connectivity index (χ3v) is 8.83. The van der Waals surface area contributed by atoms with Gasteiger partial charge in [-0.15, -0.1) is 0 Å². The lowest BCUT2D eigenvalue weighted by molar-refractivity contribution is -0.134. The molecule has 12 heteroatoms. The van der Waals surface area contributed by atoms with E-state index in [1.165, 1.54) is 25.5 Å². The van der Waals surface area contributed by atoms with Crippen molar-refractivity contribution in [2.45, 2.75) is 39.1 Å². The number of carbonyl (C=O) groups is 2. The van der Waals surface area contributed by atoms with Gasteiger partial charge in [0.1, 0.15) is 5.75 Å². The summed E-state index contributed by atoms with van der Waals surface area (Å²) in [6, 6.07) is 6.05. The first-order valence-electron chi connectivity index (χ1n) is 13.0. The van der Waals surface area contributed by atoms with Gasteiger partial charge >= 0.3 is 0 Å². The van der Waals surface area contributed by atoms with E-state index < -0.39 is 25.9 Å². The molecule has 1 saturated heterocycles. The molecule has 2 aromatic rings. The summed E-state index contributed by atoms with van der Waals surface area (Å²) in [4.78, 5) is 36.9. The smallest absolute Gasteiger partial charge is 0.289 e. The Hall–Kier alpha value is -3.64. The van der Waals surface area contributed by atoms with Crippen molar-refractivity contribution in [3.05, 3.63) is 35.8 Å². The molecule has 2 unspecified atom stereocenters. The largest absolute Gasteiger partial charge is 0.479 e. The fourth-order valence-electron chi connectivity index (χ4n) is 4.53. The van der Waals surface area contributed by atoms with Crippen LogP contribution in [0.15, 0.2) is 30.2 Å². The Labute approximate surface area is 229 Å². The molecule has 0 bridgehead atoms. The minimum atomic E-state index is -1.58. The van der Waals surface area contributed by atoms with Crippen LogP contribution in [0.4, 0.5) is 11.6 Å². The number of ether oxygens (including phenoxy) is 4. The van der Waals surface area contributed by atoms with Crippen LogP contribution in [0.25, 0.3) is 0 Å². The second-order valence-electron chi connectivity index (χ2n) is 10.8. The van der Waals surface area contributed by atoms with Gasteiger partial charge in [-0.25, -0.2) is 0 Å². The van der Waals surface area contributed by atoms with E-state index in [2.05, 4.69) is 51.2 Å². The summed E-state index contributed by atoms with van der Waals surface area (Å²) in [5, 5.41) is 7.06. The predicted molar refractivity (Wildman–Crippen MR) is 151 cm³/mol. The minimum absolute atomic E-state index is 0.0355. The molecule has 0 radical (unpaired) electrons. The summed E-state index contributed by atoms with van der Waals surface area (Å²) >= 11 is 0. The molecule has 11 nitrogen and oxygen atoms in total. The number of hydrogen-bond donors (Lipinski definition) is 2. The number of ketones is 1. The summed E-state index contributed by atoms with van der Waals surface area (Å²) in [6.45, 7) is 11.1. The summed E-state index contributed by atoms with van der Waals surface area (Å²) in [5.41, 5.74) is 1.01. The molecule has 3 heterocycles. The first-order chi connectivity index (χ1) is 18.5. The van der Waals surface area contributed by atoms with Crippen LogP contribution in [0.2, 0.25) is 19.6 Å². The zero-order chi connectivity index (χ0) is 28.3. The summed E-state index contributed by atoms with van der Waals surface area (Å²) < 4.78 is 22.5. The second kappa shape index (κ2) is 11.6. The lowest BCUT2D eigenvalue weighted by Crippen LogP contribution is -2.37. The van der Waals surface area contributed by atoms with Crippen molar-refractivity contribution in [1.29, 1.82) is 0 Å². The Balaban J connectivity index is 1.48. The van der Waals surface area contributed by atoms with Crippen molar-refractivity contribution in [3.63, 3.8) is 0 Å². The number of aromatic nitrogens is 2. The molecular weight excluding hydrogens is 518 g/mol. The van der Waals surface area contributed by atoms with E-state index >= 15 is 0 Å². The highest BCUT2D eigenvalue weighted by atomic mass is 28.3. The van der Waals surface area contributed by atoms with Gasteiger partial charge in [-0.1, -0.05) is 37.0 Å². The first-order valence-corrected chi connectivity index (χ1v) is 16.5. The summed E-state index contributed by atoms with van der Waals surface area (Å²) in [7, 11) is 3.23. The lowest BCUT2D eigenvalue weighted by Gasteiger charge is -2.21. The van der Waals surface area contributed by atoms with E-state index in [0.29, 0.717) is 17.6 Å². The highest BCUT2D eigenvalue weighted by molar-refractivity contribution is 6.88. The van der Waals surface area contributed by atoms with Gasteiger partial charge in [0.25, 0.3) is 11.9 Å². The van der Waals surface area contributed by atoms with Gasteiger partial charge < -0.3 is 34.5 Å². The van der Waals surface area contributed by atoms with E-state index in [-0.39, 0.29) is 23.4 Å². The van der Waals surface area contributed by atoms with Crippen molar-refractivity contribution in [3.8, 4) is 17.5 Å². The van der Waals surface area contributed by atoms with E-state index in [4.69, 9.17) is 18.9 Å². The summed E-state index contributed by atoms with van der Waals surface area (Å²) in [5.74, 6) is 0.461. The molecular formula is C27H37N5O6Si. The molecule has 2 aliphatic heterocycles. The predicted octanol–water partition coefficient (Wildman–Crippen LogP) is 2.22. The maximum Gasteiger partial charge on any atom is 0.289 e. The molecule has 0 spiro atoms. The molecule has 1 amide bonds. The fraction of sp³-hybridized carbons (Fsp3) is 0.481. The number of methoxy groups -OCH3 is 2. The number of nitrogens with one attached hydrogen (secondary N) is 2. The maximum atomic E-state index is 13.1. The van der Waals surface area contributed by atoms with Gasteiger partial charge in [0.05, 0.1) is 28.4 Å². The molecule has 4 rings (SSSR count). The van der Waals surface area contributed by atoms with E-state index in [0.717, 1.165) is 31.6 Å². The van der Waals surface area contributed by atoms with Crippen molar-refractivity contribution in [1.82, 2.24) is 15.3 Å². The van der Waals surface area contributed by atoms with Crippen molar-refractivity contribution in [2.75, 3.05) is 51.1 Å². The number of nitrogens with zero attached hydrogens (tertiary/aromatic N) is 3. The Morgan fingerprint density at radius 3 is 2.49 bits per heavy atom. The molecule has 39 heavy (non-hydrogen) atoms. The van der Waals surface area contributed by atoms with Gasteiger partial charge in [-0.3, -0.25) is 9.59 Å². The number of carbonyl (C=O) groups excluding carboxylic acids is 2. The molecule has 2 aliphatic rings. The highest BCUT2D eigenvalue weighted by Crippen LogP contribution is 2.35. The Morgan fingerprint density at radius 2 is 1.87 bits per heavy atom. The first kappa shape index (κ1) is 28.4. The number of amides is 1. The van der Waals surface area contributed by atoms with Crippen LogP contribution in [0.3, 0.4) is 0 Å². The van der Waals surface area contributed by atoms with Crippen molar-refractivity contribution >= 4 is 36.6 Å². The number of benzene rings is 1. The standard InChI is InChI=1S/C27H37N5O6Si/c1-16-8-9-18(39(5,6)7)12-20(16)37-21-13-19(33)23(38-21)24(34)29-22-25(35-3)30-27(31-26(22)36-4)32-11-10-17(15-32)14-28-2/h8-9,12-13,17,23,28H,10-11,14-15H2,1-7H3,(H,29,34). The van der Waals surface area contributed by atoms with Crippen LogP contribution in [0.1, 0.15) is 12.0 Å². The molecule has 0 aliphatic carbocycles. The van der Waals surface area contributed by atoms with E-state index in [9.17, 15) is 9.59 Å². The number of aryl methyl sites for hydroxylation is 1. The van der Waals surface area contributed by atoms with Gasteiger partial charge in [-0.2, -0.15) is 9.97 Å². The number of hydrogen-bond acceptors (Lipinski definition) is 10. The Morgan fingerprint density at radius 1 is 1.18 bits per heavy atom. The van der Waals surface area contributed by atoms with Crippen LogP contribution >= 0.6 is 0 Å². The van der Waals surface area contributed by atoms with Gasteiger partial charge in [0.15, 0.2) is 5.69 Å². The third-order valence-electron chi connectivity index (χ3n) is 6.78. The van der Waals surface area contributed by atoms with Crippen LogP contribution in [-0.2, 0) is 14.3 Å². The zero-order valence-electron chi connectivity index (χ0n) is 23.6. The lowest BCUT2D eigenvalue weighted by atomic mass is 10.1. The second-order valence-corrected chi connectivity index (χ2v) is 15.8. The van der Waals surface area contributed by atoms with Gasteiger partial charge in [0.2, 0.25) is 29.6 Å². The number of rotatable bonds is 10. The zero-order valence-corrected chi connectivity index (χ0v) is 24.6. The summed E-state index contributed by atoms with van der Waals surface area (Å²) in [6.07, 6.45) is 0.761. The molecule has 1 aromatic carbocycles. The van der Waals surface area contributed by atoms with Crippen LogP contribution in [0.5, 0.6) is 17.5 Å². The normalized spacial score (nSPS) is 19.0. The van der Waals surface area contributed by atoms with E-state index in [1.54, 1.807) is 0 Å². The Bertz CT molecular complexity index is 1250. The molecule has 2 atom stereocenters. The molecule has 2 N–H and O–H groups in total. The highest BCUT2D eigenvalue weighted by Gasteiger charge is 2.37. The average Bonchev–Trinajstić information content (AvgIpc) is 3.51. The third kappa shape index (κ3) is 6.33. The fourth-order valence-corrected chi connectivity index (χ4v) is 5.68. The quantitative estimate of drug-likeness (QED) is 0.333. The maximum absolute atomic E-state index is 13.1. The van der Waals surface area contributed by atoms with Crippen LogP contribution < -0.4 is 34.9 Å². The Kier molecular flexibility index (Phi) is 8.45. The SMILES string of the molecule is CNCC1CCN(c2nc(OC)c(NC(=O)C3OC(Oc4cc([Si](C)(C)C)ccc4C)=CC3=O)c(OC)n2)C1. The van der Waals surface area contributed by atoms with Crippen LogP contribution in [0, 0.1) is 12.8 Å². The molecule has 1 aromatic heterocycles. The monoisotopic (exact) mass is 555 g/mol. The van der Waals surface area contributed by atoms with E-state index in [1.807, 2.05) is 26.1 Å². The molecule has 1 fully saturated rings. The van der Waals surface area contributed by atoms with Crippen molar-refractivity contribution in [2.24, 2.45) is 5.92 Å². The van der Waals surface area contributed by atoms with Gasteiger partial charge in [-0.05, 0) is 44.5 Å². The molecule has 0 saturated carbocycles. The molecule has 210 valence electrons.